The predicted octanol–water partition coefficient (Wildman–Crippen LogP) is 3.79. The molecule has 44 heavy (non-hydrogen) atoms. The molecule has 0 fully saturated rings. The van der Waals surface area contributed by atoms with Crippen molar-refractivity contribution in [3.05, 3.63) is 81.1 Å². The number of rotatable bonds is 16. The van der Waals surface area contributed by atoms with Crippen molar-refractivity contribution >= 4 is 28.5 Å². The average molecular weight is 624 g/mol. The number of nitrogens with two attached hydrogens (primary N) is 3. The second-order valence-electron chi connectivity index (χ2n) is 11.1. The number of nitrogens with one attached hydrogen (secondary N) is 3. The maximum Gasteiger partial charge on any atom is 0.354 e. The van der Waals surface area contributed by atoms with Gasteiger partial charge < -0.3 is 32.8 Å². The SMILES string of the molecule is CNCCC(NCCCN=C(N)CN)c1ccc(-n2cc3cc(-c4cc(CCCC(C)N)cc(Cl)c4F)[nH]c3nc2=O)cc1. The zero-order valence-electron chi connectivity index (χ0n) is 25.4. The van der Waals surface area contributed by atoms with Crippen molar-refractivity contribution in [2.75, 3.05) is 33.2 Å². The number of hydrogen-bond acceptors (Lipinski definition) is 7. The van der Waals surface area contributed by atoms with Gasteiger partial charge in [0, 0.05) is 35.8 Å². The summed E-state index contributed by atoms with van der Waals surface area (Å²) in [5.74, 6) is -0.0607. The quantitative estimate of drug-likeness (QED) is 0.0627. The van der Waals surface area contributed by atoms with Crippen molar-refractivity contribution in [1.82, 2.24) is 25.2 Å². The number of fused-ring (bicyclic) bond motifs is 1. The van der Waals surface area contributed by atoms with Crippen LogP contribution >= 0.6 is 11.6 Å². The third-order valence-electron chi connectivity index (χ3n) is 7.52. The van der Waals surface area contributed by atoms with Gasteiger partial charge in [-0.2, -0.15) is 4.98 Å². The molecule has 0 aliphatic rings. The minimum Gasteiger partial charge on any atom is -0.386 e. The Balaban J connectivity index is 1.54. The molecule has 10 nitrogen and oxygen atoms in total. The first-order valence-electron chi connectivity index (χ1n) is 15.0. The van der Waals surface area contributed by atoms with E-state index in [2.05, 4.69) is 25.6 Å². The molecular formula is C32H43ClFN9O. The molecule has 12 heteroatoms. The Labute approximate surface area is 262 Å². The Kier molecular flexibility index (Phi) is 12.0. The monoisotopic (exact) mass is 623 g/mol. The number of aromatic nitrogens is 3. The highest BCUT2D eigenvalue weighted by Crippen LogP contribution is 2.31. The first kappa shape index (κ1) is 33.3. The van der Waals surface area contributed by atoms with E-state index in [9.17, 15) is 4.79 Å². The fourth-order valence-electron chi connectivity index (χ4n) is 5.12. The molecule has 0 amide bonds. The smallest absolute Gasteiger partial charge is 0.354 e. The molecule has 4 rings (SSSR count). The fourth-order valence-corrected chi connectivity index (χ4v) is 5.37. The largest absolute Gasteiger partial charge is 0.386 e. The lowest BCUT2D eigenvalue weighted by atomic mass is 10.0. The number of aryl methyl sites for hydroxylation is 1. The van der Waals surface area contributed by atoms with E-state index in [1.165, 1.54) is 4.57 Å². The Hall–Kier alpha value is -3.61. The van der Waals surface area contributed by atoms with E-state index in [1.54, 1.807) is 24.4 Å². The molecule has 4 aromatic rings. The molecule has 0 bridgehead atoms. The summed E-state index contributed by atoms with van der Waals surface area (Å²) in [4.78, 5) is 24.6. The normalized spacial score (nSPS) is 13.5. The van der Waals surface area contributed by atoms with Crippen molar-refractivity contribution < 1.29 is 4.39 Å². The zero-order chi connectivity index (χ0) is 31.6. The maximum atomic E-state index is 15.1. The zero-order valence-corrected chi connectivity index (χ0v) is 26.1. The molecule has 2 aromatic heterocycles. The van der Waals surface area contributed by atoms with E-state index in [4.69, 9.17) is 28.8 Å². The van der Waals surface area contributed by atoms with Gasteiger partial charge in [0.2, 0.25) is 0 Å². The second-order valence-corrected chi connectivity index (χ2v) is 11.5. The number of aliphatic imine (C=N–C) groups is 1. The highest BCUT2D eigenvalue weighted by Gasteiger charge is 2.16. The van der Waals surface area contributed by atoms with Gasteiger partial charge in [-0.3, -0.25) is 9.56 Å². The summed E-state index contributed by atoms with van der Waals surface area (Å²) in [5.41, 5.74) is 20.5. The van der Waals surface area contributed by atoms with Crippen LogP contribution in [-0.2, 0) is 6.42 Å². The van der Waals surface area contributed by atoms with Crippen LogP contribution in [0.1, 0.15) is 49.8 Å². The lowest BCUT2D eigenvalue weighted by molar-refractivity contribution is 0.486. The summed E-state index contributed by atoms with van der Waals surface area (Å²) < 4.78 is 16.6. The number of nitrogens with zero attached hydrogens (tertiary/aromatic N) is 3. The van der Waals surface area contributed by atoms with Crippen LogP contribution in [0.3, 0.4) is 0 Å². The van der Waals surface area contributed by atoms with E-state index in [-0.39, 0.29) is 23.7 Å². The van der Waals surface area contributed by atoms with E-state index in [1.807, 2.05) is 38.2 Å². The molecule has 0 saturated carbocycles. The third kappa shape index (κ3) is 8.73. The molecule has 0 spiro atoms. The van der Waals surface area contributed by atoms with Gasteiger partial charge in [-0.1, -0.05) is 23.7 Å². The highest BCUT2D eigenvalue weighted by atomic mass is 35.5. The molecule has 236 valence electrons. The van der Waals surface area contributed by atoms with Crippen LogP contribution in [0, 0.1) is 5.82 Å². The molecule has 0 radical (unpaired) electrons. The van der Waals surface area contributed by atoms with Gasteiger partial charge in [0.05, 0.1) is 22.9 Å². The van der Waals surface area contributed by atoms with Crippen LogP contribution in [0.4, 0.5) is 4.39 Å². The third-order valence-corrected chi connectivity index (χ3v) is 7.79. The summed E-state index contributed by atoms with van der Waals surface area (Å²) in [5, 5.41) is 7.52. The summed E-state index contributed by atoms with van der Waals surface area (Å²) >= 11 is 6.26. The van der Waals surface area contributed by atoms with Gasteiger partial charge in [-0.15, -0.1) is 0 Å². The Bertz CT molecular complexity index is 1610. The van der Waals surface area contributed by atoms with E-state index >= 15 is 4.39 Å². The van der Waals surface area contributed by atoms with Crippen LogP contribution in [-0.4, -0.2) is 59.6 Å². The number of amidine groups is 1. The van der Waals surface area contributed by atoms with Gasteiger partial charge in [-0.05, 0) is 101 Å². The second kappa shape index (κ2) is 15.9. The van der Waals surface area contributed by atoms with E-state index in [0.717, 1.165) is 56.3 Å². The molecule has 2 unspecified atom stereocenters. The maximum absolute atomic E-state index is 15.1. The van der Waals surface area contributed by atoms with Crippen molar-refractivity contribution in [2.45, 2.75) is 51.1 Å². The number of halogens is 2. The molecule has 9 N–H and O–H groups in total. The topological polar surface area (TPSA) is 165 Å². The first-order chi connectivity index (χ1) is 21.2. The summed E-state index contributed by atoms with van der Waals surface area (Å²) in [7, 11) is 1.93. The average Bonchev–Trinajstić information content (AvgIpc) is 3.42. The summed E-state index contributed by atoms with van der Waals surface area (Å²) in [6, 6.07) is 13.3. The van der Waals surface area contributed by atoms with Gasteiger partial charge in [0.15, 0.2) is 5.82 Å². The Morgan fingerprint density at radius 3 is 2.64 bits per heavy atom. The summed E-state index contributed by atoms with van der Waals surface area (Å²) in [6.45, 7) is 4.46. The van der Waals surface area contributed by atoms with E-state index < -0.39 is 11.5 Å². The summed E-state index contributed by atoms with van der Waals surface area (Å²) in [6.07, 6.45) is 5.91. The van der Waals surface area contributed by atoms with Crippen LogP contribution in [0.5, 0.6) is 0 Å². The molecule has 0 aliphatic heterocycles. The highest BCUT2D eigenvalue weighted by molar-refractivity contribution is 6.31. The molecule has 2 atom stereocenters. The van der Waals surface area contributed by atoms with Crippen molar-refractivity contribution in [2.24, 2.45) is 22.2 Å². The molecule has 2 heterocycles. The number of aromatic amines is 1. The molecule has 0 saturated heterocycles. The van der Waals surface area contributed by atoms with Crippen LogP contribution in [0.25, 0.3) is 28.0 Å². The van der Waals surface area contributed by atoms with Gasteiger partial charge in [0.1, 0.15) is 11.5 Å². The minimum atomic E-state index is -0.520. The van der Waals surface area contributed by atoms with E-state index in [0.29, 0.717) is 40.4 Å². The van der Waals surface area contributed by atoms with Crippen molar-refractivity contribution in [3.63, 3.8) is 0 Å². The molecular weight excluding hydrogens is 581 g/mol. The van der Waals surface area contributed by atoms with Crippen LogP contribution < -0.4 is 33.5 Å². The standard InChI is InChI=1S/C32H43ClFN9O/c1-20(36)5-3-6-21-15-25(30(34)26(33)16-21)28-17-23-19-43(32(44)42-31(23)41-28)24-9-7-22(8-10-24)27(11-14-38-2)39-12-4-13-40-29(37)18-35/h7-10,15-17,19-20,27,38-39H,3-6,11-14,18,35-36H2,1-2H3,(H2,37,40)(H,41,42,44). The predicted molar refractivity (Wildman–Crippen MR) is 178 cm³/mol. The molecule has 0 aliphatic carbocycles. The first-order valence-corrected chi connectivity index (χ1v) is 15.4. The van der Waals surface area contributed by atoms with Gasteiger partial charge >= 0.3 is 5.69 Å². The number of hydrogen-bond donors (Lipinski definition) is 6. The van der Waals surface area contributed by atoms with Crippen LogP contribution in [0.2, 0.25) is 5.02 Å². The fraction of sp³-hybridized carbons (Fsp3) is 0.406. The lowest BCUT2D eigenvalue weighted by Crippen LogP contribution is -2.27. The Morgan fingerprint density at radius 2 is 1.93 bits per heavy atom. The van der Waals surface area contributed by atoms with Gasteiger partial charge in [-0.25, -0.2) is 9.18 Å². The minimum absolute atomic E-state index is 0.0527. The van der Waals surface area contributed by atoms with Gasteiger partial charge in [0.25, 0.3) is 0 Å². The number of benzene rings is 2. The Morgan fingerprint density at radius 1 is 1.16 bits per heavy atom. The van der Waals surface area contributed by atoms with Crippen molar-refractivity contribution in [3.8, 4) is 16.9 Å². The number of H-pyrrole nitrogens is 1. The lowest BCUT2D eigenvalue weighted by Gasteiger charge is -2.19. The van der Waals surface area contributed by atoms with Crippen LogP contribution in [0.15, 0.2) is 58.4 Å². The van der Waals surface area contributed by atoms with Crippen molar-refractivity contribution in [1.29, 1.82) is 0 Å². The molecule has 2 aromatic carbocycles.